The van der Waals surface area contributed by atoms with Gasteiger partial charge in [0.1, 0.15) is 5.82 Å². The number of rotatable bonds is 4. The summed E-state index contributed by atoms with van der Waals surface area (Å²) in [5.41, 5.74) is 11.1. The van der Waals surface area contributed by atoms with E-state index in [0.717, 1.165) is 87.9 Å². The summed E-state index contributed by atoms with van der Waals surface area (Å²) in [4.78, 5) is 29.6. The molecule has 0 saturated heterocycles. The molecule has 0 radical (unpaired) electrons. The first-order valence-corrected chi connectivity index (χ1v) is 18.0. The van der Waals surface area contributed by atoms with E-state index in [-0.39, 0.29) is 5.82 Å². The monoisotopic (exact) mass is 706 g/mol. The van der Waals surface area contributed by atoms with Crippen molar-refractivity contribution >= 4 is 65.4 Å². The summed E-state index contributed by atoms with van der Waals surface area (Å²) in [7, 11) is 0. The molecule has 0 unspecified atom stereocenters. The molecule has 0 amide bonds. The fraction of sp³-hybridized carbons (Fsp3) is 0. The molecule has 0 saturated carbocycles. The molecule has 7 heteroatoms. The highest BCUT2D eigenvalue weighted by Gasteiger charge is 2.14. The molecular formula is C48H27FN6. The number of hydrogen-bond acceptors (Lipinski definition) is 6. The van der Waals surface area contributed by atoms with Gasteiger partial charge in [-0.05, 0) is 60.7 Å². The molecule has 6 heterocycles. The fourth-order valence-electron chi connectivity index (χ4n) is 7.58. The SMILES string of the molecule is Fc1cc(-c2ccc3ccc4cccnc4c3n2)cc(-c2ccc3ccc4ccc(-c5cccc(-c6ccc7ccc8cccnc8c7n6)c5)nc4c3n2)c1. The molecule has 0 aliphatic rings. The molecule has 256 valence electrons. The molecular weight excluding hydrogens is 680 g/mol. The molecule has 0 fully saturated rings. The number of benzene rings is 5. The van der Waals surface area contributed by atoms with Crippen LogP contribution in [0.25, 0.3) is 110 Å². The lowest BCUT2D eigenvalue weighted by Crippen LogP contribution is -1.93. The van der Waals surface area contributed by atoms with Crippen LogP contribution in [0.1, 0.15) is 0 Å². The third kappa shape index (κ3) is 5.32. The zero-order valence-electron chi connectivity index (χ0n) is 29.1. The molecule has 5 aromatic carbocycles. The highest BCUT2D eigenvalue weighted by Crippen LogP contribution is 2.34. The minimum Gasteiger partial charge on any atom is -0.254 e. The molecule has 0 aliphatic heterocycles. The van der Waals surface area contributed by atoms with E-state index in [2.05, 4.69) is 76.7 Å². The third-order valence-electron chi connectivity index (χ3n) is 10.3. The van der Waals surface area contributed by atoms with Crippen molar-refractivity contribution in [2.45, 2.75) is 0 Å². The van der Waals surface area contributed by atoms with Gasteiger partial charge >= 0.3 is 0 Å². The summed E-state index contributed by atoms with van der Waals surface area (Å²) >= 11 is 0. The Bertz CT molecular complexity index is 3360. The second kappa shape index (κ2) is 12.3. The Hall–Kier alpha value is -7.51. The van der Waals surface area contributed by atoms with Gasteiger partial charge in [-0.2, -0.15) is 0 Å². The predicted molar refractivity (Wildman–Crippen MR) is 220 cm³/mol. The number of fused-ring (bicyclic) bond motifs is 9. The van der Waals surface area contributed by atoms with Crippen LogP contribution < -0.4 is 0 Å². The highest BCUT2D eigenvalue weighted by atomic mass is 19.1. The Morgan fingerprint density at radius 3 is 1.04 bits per heavy atom. The van der Waals surface area contributed by atoms with Gasteiger partial charge in [0.2, 0.25) is 0 Å². The largest absolute Gasteiger partial charge is 0.254 e. The number of nitrogens with zero attached hydrogens (tertiary/aromatic N) is 6. The zero-order valence-corrected chi connectivity index (χ0v) is 29.1. The summed E-state index contributed by atoms with van der Waals surface area (Å²) < 4.78 is 15.4. The summed E-state index contributed by atoms with van der Waals surface area (Å²) in [5.74, 6) is -0.365. The minimum absolute atomic E-state index is 0.365. The van der Waals surface area contributed by atoms with E-state index >= 15 is 4.39 Å². The van der Waals surface area contributed by atoms with Crippen LogP contribution >= 0.6 is 0 Å². The fourth-order valence-corrected chi connectivity index (χ4v) is 7.58. The zero-order chi connectivity index (χ0) is 36.5. The quantitative estimate of drug-likeness (QED) is 0.170. The molecule has 0 atom stereocenters. The summed E-state index contributed by atoms with van der Waals surface area (Å²) in [6.07, 6.45) is 3.58. The third-order valence-corrected chi connectivity index (χ3v) is 10.3. The first kappa shape index (κ1) is 31.1. The first-order chi connectivity index (χ1) is 27.1. The van der Waals surface area contributed by atoms with E-state index in [1.165, 1.54) is 12.1 Å². The van der Waals surface area contributed by atoms with Crippen molar-refractivity contribution < 1.29 is 4.39 Å². The maximum atomic E-state index is 15.4. The minimum atomic E-state index is -0.365. The number of halogens is 1. The molecule has 6 nitrogen and oxygen atoms in total. The van der Waals surface area contributed by atoms with Crippen LogP contribution in [0.3, 0.4) is 0 Å². The van der Waals surface area contributed by atoms with E-state index in [0.29, 0.717) is 22.5 Å². The maximum Gasteiger partial charge on any atom is 0.124 e. The summed E-state index contributed by atoms with van der Waals surface area (Å²) in [6, 6.07) is 49.7. The van der Waals surface area contributed by atoms with Crippen molar-refractivity contribution in [3.63, 3.8) is 0 Å². The summed E-state index contributed by atoms with van der Waals surface area (Å²) in [5, 5.41) is 6.00. The van der Waals surface area contributed by atoms with Crippen LogP contribution in [0.5, 0.6) is 0 Å². The molecule has 0 aliphatic carbocycles. The maximum absolute atomic E-state index is 15.4. The first-order valence-electron chi connectivity index (χ1n) is 18.0. The van der Waals surface area contributed by atoms with Crippen LogP contribution in [0.15, 0.2) is 164 Å². The second-order valence-electron chi connectivity index (χ2n) is 13.7. The second-order valence-corrected chi connectivity index (χ2v) is 13.7. The van der Waals surface area contributed by atoms with Crippen molar-refractivity contribution in [2.75, 3.05) is 0 Å². The lowest BCUT2D eigenvalue weighted by molar-refractivity contribution is 0.628. The number of pyridine rings is 6. The Labute approximate surface area is 313 Å². The van der Waals surface area contributed by atoms with Gasteiger partial charge in [-0.15, -0.1) is 0 Å². The highest BCUT2D eigenvalue weighted by molar-refractivity contribution is 6.06. The lowest BCUT2D eigenvalue weighted by Gasteiger charge is -2.11. The van der Waals surface area contributed by atoms with Gasteiger partial charge < -0.3 is 0 Å². The van der Waals surface area contributed by atoms with Gasteiger partial charge in [0, 0.05) is 67.0 Å². The van der Waals surface area contributed by atoms with Gasteiger partial charge in [0.05, 0.1) is 55.9 Å². The van der Waals surface area contributed by atoms with Crippen LogP contribution in [0, 0.1) is 5.82 Å². The topological polar surface area (TPSA) is 77.3 Å². The molecule has 55 heavy (non-hydrogen) atoms. The van der Waals surface area contributed by atoms with Crippen molar-refractivity contribution in [1.29, 1.82) is 0 Å². The standard InChI is InChI=1S/C48H27FN6/c49-38-26-36(41-20-16-31-11-9-29-7-3-23-51-44(29)46(31)54-41)25-37(27-38)42-21-17-33-13-12-32-15-19-40(53-47(32)48(33)55-42)35-5-1-4-34(24-35)39-18-14-30-10-8-28-6-2-22-50-43(28)45(30)52-39/h1-27H. The van der Waals surface area contributed by atoms with Gasteiger partial charge in [-0.25, -0.2) is 24.3 Å². The average molecular weight is 707 g/mol. The van der Waals surface area contributed by atoms with Crippen molar-refractivity contribution in [2.24, 2.45) is 0 Å². The molecule has 6 aromatic heterocycles. The smallest absolute Gasteiger partial charge is 0.124 e. The van der Waals surface area contributed by atoms with Gasteiger partial charge in [0.15, 0.2) is 0 Å². The number of hydrogen-bond donors (Lipinski definition) is 0. The Morgan fingerprint density at radius 2 is 0.618 bits per heavy atom. The predicted octanol–water partition coefficient (Wildman–Crippen LogP) is 11.8. The van der Waals surface area contributed by atoms with Gasteiger partial charge in [0.25, 0.3) is 0 Å². The van der Waals surface area contributed by atoms with Crippen molar-refractivity contribution in [3.8, 4) is 45.0 Å². The Morgan fingerprint density at radius 1 is 0.291 bits per heavy atom. The van der Waals surface area contributed by atoms with Crippen molar-refractivity contribution in [1.82, 2.24) is 29.9 Å². The molecule has 0 N–H and O–H groups in total. The van der Waals surface area contributed by atoms with E-state index in [9.17, 15) is 0 Å². The van der Waals surface area contributed by atoms with Gasteiger partial charge in [-0.1, -0.05) is 91.0 Å². The van der Waals surface area contributed by atoms with Gasteiger partial charge in [-0.3, -0.25) is 9.97 Å². The van der Waals surface area contributed by atoms with Crippen LogP contribution in [0.4, 0.5) is 4.39 Å². The van der Waals surface area contributed by atoms with E-state index in [1.807, 2.05) is 79.0 Å². The molecule has 11 rings (SSSR count). The van der Waals surface area contributed by atoms with E-state index in [4.69, 9.17) is 19.9 Å². The lowest BCUT2D eigenvalue weighted by atomic mass is 10.0. The molecule has 0 bridgehead atoms. The van der Waals surface area contributed by atoms with Crippen molar-refractivity contribution in [3.05, 3.63) is 170 Å². The Balaban J connectivity index is 0.992. The summed E-state index contributed by atoms with van der Waals surface area (Å²) in [6.45, 7) is 0. The molecule has 11 aromatic rings. The van der Waals surface area contributed by atoms with Crippen LogP contribution in [-0.4, -0.2) is 29.9 Å². The van der Waals surface area contributed by atoms with E-state index < -0.39 is 0 Å². The van der Waals surface area contributed by atoms with E-state index in [1.54, 1.807) is 6.20 Å². The normalized spacial score (nSPS) is 11.7. The van der Waals surface area contributed by atoms with Crippen LogP contribution in [-0.2, 0) is 0 Å². The average Bonchev–Trinajstić information content (AvgIpc) is 3.25. The molecule has 0 spiro atoms. The Kier molecular flexibility index (Phi) is 6.94. The number of aromatic nitrogens is 6. The van der Waals surface area contributed by atoms with Crippen LogP contribution in [0.2, 0.25) is 0 Å².